The fourth-order valence-electron chi connectivity index (χ4n) is 8.48. The van der Waals surface area contributed by atoms with Crippen LogP contribution in [0.15, 0.2) is 61.2 Å². The molecule has 2 aliphatic rings. The second-order valence-electron chi connectivity index (χ2n) is 17.0. The van der Waals surface area contributed by atoms with E-state index in [0.717, 1.165) is 96.8 Å². The maximum Gasteiger partial charge on any atom is 0.138 e. The third-order valence-electron chi connectivity index (χ3n) is 11.7. The first-order valence-corrected chi connectivity index (χ1v) is 22.8. The van der Waals surface area contributed by atoms with Gasteiger partial charge < -0.3 is 10.6 Å². The molecule has 0 amide bonds. The molecule has 0 saturated carbocycles. The molecular weight excluding hydrogens is 876 g/mol. The molecule has 0 radical (unpaired) electrons. The first-order valence-electron chi connectivity index (χ1n) is 21.2. The van der Waals surface area contributed by atoms with Crippen LogP contribution in [0.3, 0.4) is 0 Å². The third-order valence-corrected chi connectivity index (χ3v) is 13.8. The number of halogens is 6. The Hall–Kier alpha value is -3.66. The first-order chi connectivity index (χ1) is 28.8. The van der Waals surface area contributed by atoms with Gasteiger partial charge in [-0.05, 0) is 101 Å². The second kappa shape index (κ2) is 22.3. The van der Waals surface area contributed by atoms with Crippen molar-refractivity contribution in [1.29, 1.82) is 0 Å². The number of piperidine rings is 2. The SMILES string of the molecule is CC(C)Cc1cc2c(NC3CCN(C(C)c4c(F)cccc4F)CC3)ncnc2s1.CC(C)Cc1cc2c(NC3CCN(C(C)c4c(F)cccc4F)CC3)ncnc2s1.Cl.Cl. The summed E-state index contributed by atoms with van der Waals surface area (Å²) in [5.41, 5.74) is 0.328. The molecule has 2 saturated heterocycles. The lowest BCUT2D eigenvalue weighted by molar-refractivity contribution is 0.162. The van der Waals surface area contributed by atoms with Crippen molar-refractivity contribution in [2.45, 2.75) is 104 Å². The summed E-state index contributed by atoms with van der Waals surface area (Å²) in [6.07, 6.45) is 8.93. The zero-order valence-electron chi connectivity index (χ0n) is 36.1. The summed E-state index contributed by atoms with van der Waals surface area (Å²) in [5.74, 6) is 1.10. The van der Waals surface area contributed by atoms with Crippen LogP contribution < -0.4 is 10.6 Å². The van der Waals surface area contributed by atoms with Gasteiger partial charge in [0.1, 0.15) is 57.2 Å². The van der Waals surface area contributed by atoms with E-state index in [-0.39, 0.29) is 60.1 Å². The molecule has 62 heavy (non-hydrogen) atoms. The van der Waals surface area contributed by atoms with E-state index < -0.39 is 23.3 Å². The Morgan fingerprint density at radius 3 is 1.23 bits per heavy atom. The minimum absolute atomic E-state index is 0. The van der Waals surface area contributed by atoms with E-state index in [4.69, 9.17) is 0 Å². The average molecular weight is 934 g/mol. The van der Waals surface area contributed by atoms with Gasteiger partial charge in [0.05, 0.1) is 10.8 Å². The molecule has 2 aromatic carbocycles. The predicted molar refractivity (Wildman–Crippen MR) is 252 cm³/mol. The number of nitrogens with one attached hydrogen (secondary N) is 2. The van der Waals surface area contributed by atoms with Crippen molar-refractivity contribution in [3.63, 3.8) is 0 Å². The van der Waals surface area contributed by atoms with Crippen LogP contribution in [-0.2, 0) is 12.8 Å². The number of anilines is 2. The number of rotatable bonds is 12. The van der Waals surface area contributed by atoms with Gasteiger partial charge in [-0.15, -0.1) is 47.5 Å². The number of thiophene rings is 2. The van der Waals surface area contributed by atoms with Gasteiger partial charge in [-0.3, -0.25) is 9.80 Å². The molecule has 0 spiro atoms. The summed E-state index contributed by atoms with van der Waals surface area (Å²) in [6, 6.07) is 12.6. The molecule has 16 heteroatoms. The van der Waals surface area contributed by atoms with Crippen LogP contribution in [0.2, 0.25) is 0 Å². The molecule has 8 nitrogen and oxygen atoms in total. The Labute approximate surface area is 383 Å². The molecular formula is C46H58Cl2F4N8S2. The highest BCUT2D eigenvalue weighted by Gasteiger charge is 2.29. The quantitative estimate of drug-likeness (QED) is 0.117. The highest BCUT2D eigenvalue weighted by Crippen LogP contribution is 2.35. The minimum atomic E-state index is -0.471. The van der Waals surface area contributed by atoms with Crippen molar-refractivity contribution in [2.75, 3.05) is 36.8 Å². The molecule has 2 atom stereocenters. The van der Waals surface area contributed by atoms with Gasteiger partial charge >= 0.3 is 0 Å². The Kier molecular flexibility index (Phi) is 17.8. The summed E-state index contributed by atoms with van der Waals surface area (Å²) in [5, 5.41) is 9.36. The van der Waals surface area contributed by atoms with E-state index >= 15 is 0 Å². The summed E-state index contributed by atoms with van der Waals surface area (Å²) in [6.45, 7) is 15.8. The maximum absolute atomic E-state index is 14.2. The van der Waals surface area contributed by atoms with Crippen LogP contribution >= 0.6 is 47.5 Å². The van der Waals surface area contributed by atoms with Crippen molar-refractivity contribution in [1.82, 2.24) is 29.7 Å². The predicted octanol–water partition coefficient (Wildman–Crippen LogP) is 12.5. The number of hydrogen-bond acceptors (Lipinski definition) is 10. The van der Waals surface area contributed by atoms with Crippen molar-refractivity contribution in [3.05, 3.63) is 105 Å². The third kappa shape index (κ3) is 11.9. The molecule has 2 N–H and O–H groups in total. The summed E-state index contributed by atoms with van der Waals surface area (Å²) in [4.78, 5) is 26.9. The molecule has 6 aromatic rings. The zero-order valence-corrected chi connectivity index (χ0v) is 39.4. The van der Waals surface area contributed by atoms with E-state index in [2.05, 4.69) is 80.2 Å². The van der Waals surface area contributed by atoms with Gasteiger partial charge in [-0.2, -0.15) is 0 Å². The minimum Gasteiger partial charge on any atom is -0.367 e. The monoisotopic (exact) mass is 932 g/mol. The van der Waals surface area contributed by atoms with Crippen molar-refractivity contribution < 1.29 is 17.6 Å². The van der Waals surface area contributed by atoms with E-state index in [1.54, 1.807) is 35.3 Å². The molecule has 0 bridgehead atoms. The van der Waals surface area contributed by atoms with Gasteiger partial charge in [0.25, 0.3) is 0 Å². The highest BCUT2D eigenvalue weighted by atomic mass is 35.5. The molecule has 336 valence electrons. The maximum atomic E-state index is 14.2. The Bertz CT molecular complexity index is 2160. The van der Waals surface area contributed by atoms with Gasteiger partial charge in [-0.1, -0.05) is 39.8 Å². The molecule has 8 rings (SSSR count). The smallest absolute Gasteiger partial charge is 0.138 e. The number of nitrogens with zero attached hydrogens (tertiary/aromatic N) is 6. The molecule has 4 aromatic heterocycles. The normalized spacial score (nSPS) is 16.5. The van der Waals surface area contributed by atoms with Crippen molar-refractivity contribution in [3.8, 4) is 0 Å². The zero-order chi connectivity index (χ0) is 42.5. The summed E-state index contributed by atoms with van der Waals surface area (Å²) in [7, 11) is 0. The van der Waals surface area contributed by atoms with E-state index in [0.29, 0.717) is 11.8 Å². The van der Waals surface area contributed by atoms with Crippen LogP contribution in [0.25, 0.3) is 20.4 Å². The Morgan fingerprint density at radius 2 is 0.903 bits per heavy atom. The highest BCUT2D eigenvalue weighted by molar-refractivity contribution is 7.19. The fraction of sp³-hybridized carbons (Fsp3) is 0.478. The fourth-order valence-corrected chi connectivity index (χ4v) is 10.9. The lowest BCUT2D eigenvalue weighted by Gasteiger charge is -2.36. The van der Waals surface area contributed by atoms with E-state index in [1.807, 2.05) is 13.8 Å². The van der Waals surface area contributed by atoms with Crippen molar-refractivity contribution >= 4 is 79.6 Å². The number of aromatic nitrogens is 4. The lowest BCUT2D eigenvalue weighted by Crippen LogP contribution is -2.40. The van der Waals surface area contributed by atoms with E-state index in [1.165, 1.54) is 46.2 Å². The molecule has 0 aliphatic carbocycles. The Balaban J connectivity index is 0.000000227. The van der Waals surface area contributed by atoms with Crippen LogP contribution in [0, 0.1) is 35.1 Å². The van der Waals surface area contributed by atoms with Gasteiger partial charge in [-0.25, -0.2) is 37.5 Å². The van der Waals surface area contributed by atoms with Crippen LogP contribution in [-0.4, -0.2) is 68.0 Å². The topological polar surface area (TPSA) is 82.1 Å². The van der Waals surface area contributed by atoms with Crippen molar-refractivity contribution in [2.24, 2.45) is 11.8 Å². The summed E-state index contributed by atoms with van der Waals surface area (Å²) < 4.78 is 56.6. The second-order valence-corrected chi connectivity index (χ2v) is 19.3. The number of fused-ring (bicyclic) bond motifs is 2. The molecule has 6 heterocycles. The average Bonchev–Trinajstić information content (AvgIpc) is 3.82. The van der Waals surface area contributed by atoms with Gasteiger partial charge in [0.2, 0.25) is 0 Å². The van der Waals surface area contributed by atoms with Crippen LogP contribution in [0.4, 0.5) is 29.2 Å². The number of hydrogen-bond donors (Lipinski definition) is 2. The van der Waals surface area contributed by atoms with Gasteiger partial charge in [0, 0.05) is 71.2 Å². The van der Waals surface area contributed by atoms with Gasteiger partial charge in [0.15, 0.2) is 0 Å². The lowest BCUT2D eigenvalue weighted by atomic mass is 9.99. The first kappa shape index (κ1) is 49.4. The van der Waals surface area contributed by atoms with E-state index in [9.17, 15) is 17.6 Å². The summed E-state index contributed by atoms with van der Waals surface area (Å²) >= 11 is 3.47. The standard InChI is InChI=1S/2C23H28F2N4S.2ClH/c2*1-14(2)11-17-12-18-22(26-13-27-23(18)30-17)28-16-7-9-29(10-8-16)15(3)21-19(24)5-4-6-20(21)25;;/h2*4-6,12-16H,7-11H2,1-3H3,(H,26,27,28);2*1H. The molecule has 2 fully saturated rings. The molecule has 2 aliphatic heterocycles. The largest absolute Gasteiger partial charge is 0.367 e. The number of benzene rings is 2. The number of likely N-dealkylation sites (tertiary alicyclic amines) is 2. The molecule has 2 unspecified atom stereocenters. The van der Waals surface area contributed by atoms with Crippen LogP contribution in [0.1, 0.15) is 100 Å². The van der Waals surface area contributed by atoms with Crippen LogP contribution in [0.5, 0.6) is 0 Å². The Morgan fingerprint density at radius 1 is 0.565 bits per heavy atom.